The summed E-state index contributed by atoms with van der Waals surface area (Å²) in [6, 6.07) is 5.51. The van der Waals surface area contributed by atoms with Crippen molar-refractivity contribution in [3.8, 4) is 11.5 Å². The molecule has 0 amide bonds. The van der Waals surface area contributed by atoms with Crippen LogP contribution in [0.1, 0.15) is 24.1 Å². The molecule has 6 heteroatoms. The maximum atomic E-state index is 6.09. The number of halogens is 3. The van der Waals surface area contributed by atoms with Crippen molar-refractivity contribution >= 4 is 43.5 Å². The van der Waals surface area contributed by atoms with E-state index in [4.69, 9.17) is 16.0 Å². The summed E-state index contributed by atoms with van der Waals surface area (Å²) >= 11 is 12.9. The molecule has 1 heterocycles. The fourth-order valence-electron chi connectivity index (χ4n) is 1.31. The quantitative estimate of drug-likeness (QED) is 0.704. The Labute approximate surface area is 121 Å². The number of hydrogen-bond donors (Lipinski definition) is 0. The maximum absolute atomic E-state index is 6.09. The molecule has 0 N–H and O–H groups in total. The first-order chi connectivity index (χ1) is 8.11. The van der Waals surface area contributed by atoms with Gasteiger partial charge in [0.15, 0.2) is 0 Å². The van der Waals surface area contributed by atoms with Gasteiger partial charge >= 0.3 is 0 Å². The van der Waals surface area contributed by atoms with Crippen LogP contribution in [0.4, 0.5) is 0 Å². The van der Waals surface area contributed by atoms with Gasteiger partial charge in [0, 0.05) is 4.47 Å². The number of alkyl halides is 1. The summed E-state index contributed by atoms with van der Waals surface area (Å²) in [5, 5.41) is 8.59. The van der Waals surface area contributed by atoms with Gasteiger partial charge in [-0.1, -0.05) is 50.4 Å². The lowest BCUT2D eigenvalue weighted by atomic mass is 10.2. The highest BCUT2D eigenvalue weighted by atomic mass is 79.9. The molecule has 1 aromatic carbocycles. The molecule has 0 aliphatic heterocycles. The molecule has 2 aromatic rings. The highest BCUT2D eigenvalue weighted by Crippen LogP contribution is 2.32. The fraction of sp³-hybridized carbons (Fsp3) is 0.273. The smallest absolute Gasteiger partial charge is 0.249 e. The van der Waals surface area contributed by atoms with Crippen LogP contribution in [0.15, 0.2) is 27.1 Å². The largest absolute Gasteiger partial charge is 0.419 e. The Morgan fingerprint density at radius 3 is 2.88 bits per heavy atom. The van der Waals surface area contributed by atoms with E-state index in [1.165, 1.54) is 0 Å². The minimum atomic E-state index is 0.0784. The first-order valence-corrected chi connectivity index (χ1v) is 7.13. The van der Waals surface area contributed by atoms with E-state index in [2.05, 4.69) is 42.1 Å². The van der Waals surface area contributed by atoms with Crippen LogP contribution in [0.3, 0.4) is 0 Å². The zero-order valence-corrected chi connectivity index (χ0v) is 12.9. The van der Waals surface area contributed by atoms with E-state index in [0.29, 0.717) is 16.8 Å². The molecule has 0 saturated carbocycles. The van der Waals surface area contributed by atoms with Crippen LogP contribution in [0, 0.1) is 0 Å². The molecule has 0 bridgehead atoms. The topological polar surface area (TPSA) is 38.9 Å². The summed E-state index contributed by atoms with van der Waals surface area (Å²) in [4.78, 5) is 0.0784. The third kappa shape index (κ3) is 2.89. The van der Waals surface area contributed by atoms with E-state index in [9.17, 15) is 0 Å². The Morgan fingerprint density at radius 2 is 2.18 bits per heavy atom. The van der Waals surface area contributed by atoms with Gasteiger partial charge in [0.25, 0.3) is 0 Å². The van der Waals surface area contributed by atoms with Crippen molar-refractivity contribution in [1.29, 1.82) is 0 Å². The van der Waals surface area contributed by atoms with Gasteiger partial charge in [-0.3, -0.25) is 0 Å². The van der Waals surface area contributed by atoms with E-state index >= 15 is 0 Å². The van der Waals surface area contributed by atoms with Crippen LogP contribution in [-0.2, 0) is 0 Å². The van der Waals surface area contributed by atoms with E-state index < -0.39 is 0 Å². The van der Waals surface area contributed by atoms with Crippen LogP contribution in [-0.4, -0.2) is 10.2 Å². The zero-order valence-electron chi connectivity index (χ0n) is 8.95. The molecule has 0 aliphatic carbocycles. The molecular formula is C11H9Br2ClN2O. The molecule has 0 fully saturated rings. The third-order valence-electron chi connectivity index (χ3n) is 2.23. The van der Waals surface area contributed by atoms with E-state index in [-0.39, 0.29) is 4.83 Å². The Hall–Kier alpha value is -0.390. The van der Waals surface area contributed by atoms with Gasteiger partial charge in [-0.15, -0.1) is 10.2 Å². The van der Waals surface area contributed by atoms with Gasteiger partial charge in [0.2, 0.25) is 11.8 Å². The molecule has 1 atom stereocenters. The summed E-state index contributed by atoms with van der Waals surface area (Å²) in [7, 11) is 0. The molecular weight excluding hydrogens is 371 g/mol. The van der Waals surface area contributed by atoms with Gasteiger partial charge in [-0.05, 0) is 24.6 Å². The summed E-state index contributed by atoms with van der Waals surface area (Å²) in [5.41, 5.74) is 0.732. The van der Waals surface area contributed by atoms with Crippen molar-refractivity contribution < 1.29 is 4.42 Å². The summed E-state index contributed by atoms with van der Waals surface area (Å²) in [5.74, 6) is 1.00. The van der Waals surface area contributed by atoms with Crippen molar-refractivity contribution in [3.05, 3.63) is 33.6 Å². The Morgan fingerprint density at radius 1 is 1.41 bits per heavy atom. The van der Waals surface area contributed by atoms with E-state index in [1.54, 1.807) is 6.07 Å². The predicted molar refractivity (Wildman–Crippen MR) is 74.4 cm³/mol. The van der Waals surface area contributed by atoms with Crippen molar-refractivity contribution in [2.75, 3.05) is 0 Å². The summed E-state index contributed by atoms with van der Waals surface area (Å²) < 4.78 is 6.50. The first-order valence-electron chi connectivity index (χ1n) is 5.04. The molecule has 0 saturated heterocycles. The monoisotopic (exact) mass is 378 g/mol. The zero-order chi connectivity index (χ0) is 12.4. The third-order valence-corrected chi connectivity index (χ3v) is 4.09. The van der Waals surface area contributed by atoms with Gasteiger partial charge in [-0.25, -0.2) is 0 Å². The van der Waals surface area contributed by atoms with Crippen LogP contribution < -0.4 is 0 Å². The fourth-order valence-corrected chi connectivity index (χ4v) is 2.05. The molecule has 0 spiro atoms. The van der Waals surface area contributed by atoms with Crippen molar-refractivity contribution in [3.63, 3.8) is 0 Å². The van der Waals surface area contributed by atoms with Gasteiger partial charge in [-0.2, -0.15) is 0 Å². The average Bonchev–Trinajstić information content (AvgIpc) is 2.80. The van der Waals surface area contributed by atoms with Crippen LogP contribution in [0.5, 0.6) is 0 Å². The first kappa shape index (κ1) is 13.1. The molecule has 0 radical (unpaired) electrons. The summed E-state index contributed by atoms with van der Waals surface area (Å²) in [6.07, 6.45) is 0.883. The SMILES string of the molecule is CCC(Br)c1nnc(-c2cc(Br)ccc2Cl)o1. The molecule has 1 aromatic heterocycles. The van der Waals surface area contributed by atoms with Crippen molar-refractivity contribution in [1.82, 2.24) is 10.2 Å². The molecule has 90 valence electrons. The number of hydrogen-bond acceptors (Lipinski definition) is 3. The van der Waals surface area contributed by atoms with E-state index in [0.717, 1.165) is 16.5 Å². The molecule has 2 rings (SSSR count). The molecule has 1 unspecified atom stereocenters. The number of nitrogens with zero attached hydrogens (tertiary/aromatic N) is 2. The number of benzene rings is 1. The second-order valence-corrected chi connectivity index (χ2v) is 5.87. The van der Waals surface area contributed by atoms with Crippen molar-refractivity contribution in [2.45, 2.75) is 18.2 Å². The maximum Gasteiger partial charge on any atom is 0.249 e. The Bertz CT molecular complexity index is 530. The number of aromatic nitrogens is 2. The van der Waals surface area contributed by atoms with Crippen molar-refractivity contribution in [2.24, 2.45) is 0 Å². The minimum absolute atomic E-state index is 0.0784. The lowest BCUT2D eigenvalue weighted by Gasteiger charge is -2.00. The van der Waals surface area contributed by atoms with Gasteiger partial charge in [0.1, 0.15) is 0 Å². The van der Waals surface area contributed by atoms with E-state index in [1.807, 2.05) is 19.1 Å². The highest BCUT2D eigenvalue weighted by molar-refractivity contribution is 9.10. The minimum Gasteiger partial charge on any atom is -0.419 e. The highest BCUT2D eigenvalue weighted by Gasteiger charge is 2.16. The summed E-state index contributed by atoms with van der Waals surface area (Å²) in [6.45, 7) is 2.04. The number of rotatable bonds is 3. The standard InChI is InChI=1S/C11H9Br2ClN2O/c1-2-8(13)11-16-15-10(17-11)7-5-6(12)3-4-9(7)14/h3-5,8H,2H2,1H3. The molecule has 0 aliphatic rings. The average molecular weight is 380 g/mol. The Kier molecular flexibility index (Phi) is 4.22. The van der Waals surface area contributed by atoms with Gasteiger partial charge < -0.3 is 4.42 Å². The second-order valence-electron chi connectivity index (χ2n) is 3.45. The van der Waals surface area contributed by atoms with Crippen LogP contribution in [0.2, 0.25) is 5.02 Å². The van der Waals surface area contributed by atoms with Crippen LogP contribution in [0.25, 0.3) is 11.5 Å². The normalized spacial score (nSPS) is 12.7. The molecule has 3 nitrogen and oxygen atoms in total. The lowest BCUT2D eigenvalue weighted by molar-refractivity contribution is 0.500. The Balaban J connectivity index is 2.40. The van der Waals surface area contributed by atoms with Gasteiger partial charge in [0.05, 0.1) is 15.4 Å². The second kappa shape index (κ2) is 5.50. The predicted octanol–water partition coefficient (Wildman–Crippen LogP) is 5.00. The molecule has 17 heavy (non-hydrogen) atoms. The lowest BCUT2D eigenvalue weighted by Crippen LogP contribution is -1.86. The van der Waals surface area contributed by atoms with Crippen LogP contribution >= 0.6 is 43.5 Å².